The summed E-state index contributed by atoms with van der Waals surface area (Å²) in [7, 11) is 0. The van der Waals surface area contributed by atoms with Crippen molar-refractivity contribution in [3.8, 4) is 11.5 Å². The fourth-order valence-corrected chi connectivity index (χ4v) is 5.08. The van der Waals surface area contributed by atoms with Gasteiger partial charge in [-0.2, -0.15) is 5.10 Å². The van der Waals surface area contributed by atoms with E-state index >= 15 is 0 Å². The van der Waals surface area contributed by atoms with Crippen molar-refractivity contribution in [2.75, 3.05) is 36.8 Å². The van der Waals surface area contributed by atoms with E-state index in [0.717, 1.165) is 35.8 Å². The second-order valence-electron chi connectivity index (χ2n) is 8.17. The molecule has 0 N–H and O–H groups in total. The largest absolute Gasteiger partial charge is 0.368 e. The van der Waals surface area contributed by atoms with Crippen LogP contribution in [-0.2, 0) is 10.5 Å². The first-order chi connectivity index (χ1) is 16.7. The van der Waals surface area contributed by atoms with Gasteiger partial charge in [0.05, 0.1) is 17.6 Å². The highest BCUT2D eigenvalue weighted by molar-refractivity contribution is 7.99. The number of hydrogen-bond acceptors (Lipinski definition) is 4. The van der Waals surface area contributed by atoms with E-state index in [1.54, 1.807) is 23.9 Å². The minimum absolute atomic E-state index is 0.154. The van der Waals surface area contributed by atoms with Crippen molar-refractivity contribution in [1.29, 1.82) is 0 Å². The molecule has 8 heteroatoms. The normalized spacial score (nSPS) is 13.9. The van der Waals surface area contributed by atoms with Gasteiger partial charge in [-0.3, -0.25) is 4.79 Å². The van der Waals surface area contributed by atoms with E-state index in [9.17, 15) is 9.18 Å². The standard InChI is InChI=1S/C26H26FN5OS/c27-22-8-10-23(11-9-22)29-14-16-30(17-15-29)25(33)20-34-19-21-18-28-32(24-6-2-1-3-7-24)26(21)31-12-4-5-13-31/h1-13,18H,14-17,19-20H2. The van der Waals surface area contributed by atoms with E-state index in [-0.39, 0.29) is 11.7 Å². The molecule has 3 heterocycles. The van der Waals surface area contributed by atoms with Crippen LogP contribution in [0.2, 0.25) is 0 Å². The Morgan fingerprint density at radius 2 is 1.59 bits per heavy atom. The van der Waals surface area contributed by atoms with E-state index in [0.29, 0.717) is 24.6 Å². The minimum Gasteiger partial charge on any atom is -0.368 e. The summed E-state index contributed by atoms with van der Waals surface area (Å²) in [6, 6.07) is 20.6. The number of thioether (sulfide) groups is 1. The molecule has 0 atom stereocenters. The van der Waals surface area contributed by atoms with Crippen molar-refractivity contribution in [2.24, 2.45) is 0 Å². The van der Waals surface area contributed by atoms with E-state index in [1.165, 1.54) is 12.1 Å². The summed E-state index contributed by atoms with van der Waals surface area (Å²) in [6.07, 6.45) is 5.91. The Balaban J connectivity index is 1.19. The van der Waals surface area contributed by atoms with Crippen molar-refractivity contribution < 1.29 is 9.18 Å². The lowest BCUT2D eigenvalue weighted by Gasteiger charge is -2.36. The van der Waals surface area contributed by atoms with Gasteiger partial charge in [0.2, 0.25) is 5.91 Å². The number of carbonyl (C=O) groups excluding carboxylic acids is 1. The van der Waals surface area contributed by atoms with Gasteiger partial charge >= 0.3 is 0 Å². The number of aromatic nitrogens is 3. The molecule has 2 aromatic heterocycles. The van der Waals surface area contributed by atoms with Gasteiger partial charge in [-0.1, -0.05) is 18.2 Å². The molecule has 5 rings (SSSR count). The molecule has 0 aliphatic carbocycles. The van der Waals surface area contributed by atoms with E-state index in [1.807, 2.05) is 70.6 Å². The smallest absolute Gasteiger partial charge is 0.232 e. The van der Waals surface area contributed by atoms with Crippen molar-refractivity contribution in [2.45, 2.75) is 5.75 Å². The minimum atomic E-state index is -0.233. The molecule has 0 spiro atoms. The molecule has 0 radical (unpaired) electrons. The molecule has 2 aromatic carbocycles. The van der Waals surface area contributed by atoms with Crippen LogP contribution in [0.15, 0.2) is 85.3 Å². The number of para-hydroxylation sites is 1. The molecule has 34 heavy (non-hydrogen) atoms. The zero-order chi connectivity index (χ0) is 23.3. The van der Waals surface area contributed by atoms with Crippen LogP contribution < -0.4 is 4.90 Å². The maximum absolute atomic E-state index is 13.2. The number of anilines is 1. The molecule has 174 valence electrons. The van der Waals surface area contributed by atoms with Gasteiger partial charge in [0, 0.05) is 55.6 Å². The van der Waals surface area contributed by atoms with Gasteiger partial charge < -0.3 is 14.4 Å². The van der Waals surface area contributed by atoms with Crippen LogP contribution in [0.3, 0.4) is 0 Å². The second-order valence-corrected chi connectivity index (χ2v) is 9.15. The van der Waals surface area contributed by atoms with Gasteiger partial charge in [0.15, 0.2) is 0 Å². The van der Waals surface area contributed by atoms with Gasteiger partial charge in [0.1, 0.15) is 11.6 Å². The van der Waals surface area contributed by atoms with Crippen LogP contribution in [0.1, 0.15) is 5.56 Å². The molecule has 1 saturated heterocycles. The summed E-state index contributed by atoms with van der Waals surface area (Å²) in [5.74, 6) is 2.04. The molecule has 0 saturated carbocycles. The lowest BCUT2D eigenvalue weighted by Crippen LogP contribution is -2.49. The molecule has 1 aliphatic rings. The molecule has 4 aromatic rings. The number of benzene rings is 2. The third-order valence-corrected chi connectivity index (χ3v) is 6.94. The van der Waals surface area contributed by atoms with Crippen LogP contribution >= 0.6 is 11.8 Å². The lowest BCUT2D eigenvalue weighted by atomic mass is 10.2. The van der Waals surface area contributed by atoms with Crippen LogP contribution in [0.4, 0.5) is 10.1 Å². The van der Waals surface area contributed by atoms with E-state index in [4.69, 9.17) is 0 Å². The molecule has 1 amide bonds. The average Bonchev–Trinajstić information content (AvgIpc) is 3.55. The Morgan fingerprint density at radius 1 is 0.882 bits per heavy atom. The quantitative estimate of drug-likeness (QED) is 0.398. The zero-order valence-electron chi connectivity index (χ0n) is 18.8. The summed E-state index contributed by atoms with van der Waals surface area (Å²) in [6.45, 7) is 2.86. The SMILES string of the molecule is O=C(CSCc1cnn(-c2ccccc2)c1-n1cccc1)N1CCN(c2ccc(F)cc2)CC1. The summed E-state index contributed by atoms with van der Waals surface area (Å²) in [4.78, 5) is 16.9. The van der Waals surface area contributed by atoms with Crippen molar-refractivity contribution in [3.05, 3.63) is 96.7 Å². The number of piperazine rings is 1. The number of amides is 1. The van der Waals surface area contributed by atoms with Gasteiger partial charge in [-0.15, -0.1) is 11.8 Å². The number of hydrogen-bond donors (Lipinski definition) is 0. The highest BCUT2D eigenvalue weighted by atomic mass is 32.2. The van der Waals surface area contributed by atoms with Crippen molar-refractivity contribution in [3.63, 3.8) is 0 Å². The third kappa shape index (κ3) is 4.87. The predicted molar refractivity (Wildman–Crippen MR) is 134 cm³/mol. The Labute approximate surface area is 202 Å². The Morgan fingerprint density at radius 3 is 2.29 bits per heavy atom. The zero-order valence-corrected chi connectivity index (χ0v) is 19.6. The fraction of sp³-hybridized carbons (Fsp3) is 0.231. The molecule has 6 nitrogen and oxygen atoms in total. The monoisotopic (exact) mass is 475 g/mol. The molecular weight excluding hydrogens is 449 g/mol. The first kappa shape index (κ1) is 22.3. The van der Waals surface area contributed by atoms with Crippen molar-refractivity contribution in [1.82, 2.24) is 19.2 Å². The maximum atomic E-state index is 13.2. The summed E-state index contributed by atoms with van der Waals surface area (Å²) < 4.78 is 17.2. The topological polar surface area (TPSA) is 46.3 Å². The molecule has 1 aliphatic heterocycles. The van der Waals surface area contributed by atoms with Gasteiger partial charge in [0.25, 0.3) is 0 Å². The van der Waals surface area contributed by atoms with E-state index < -0.39 is 0 Å². The second kappa shape index (κ2) is 10.2. The Kier molecular flexibility index (Phi) is 6.67. The Hall–Kier alpha value is -3.52. The van der Waals surface area contributed by atoms with Crippen LogP contribution in [0.25, 0.3) is 11.5 Å². The van der Waals surface area contributed by atoms with Crippen LogP contribution in [0.5, 0.6) is 0 Å². The molecule has 0 unspecified atom stereocenters. The van der Waals surface area contributed by atoms with Crippen LogP contribution in [0, 0.1) is 5.82 Å². The highest BCUT2D eigenvalue weighted by Gasteiger charge is 2.22. The number of carbonyl (C=O) groups is 1. The average molecular weight is 476 g/mol. The first-order valence-electron chi connectivity index (χ1n) is 11.3. The number of halogens is 1. The maximum Gasteiger partial charge on any atom is 0.232 e. The highest BCUT2D eigenvalue weighted by Crippen LogP contribution is 2.24. The van der Waals surface area contributed by atoms with Crippen molar-refractivity contribution >= 4 is 23.4 Å². The Bertz CT molecular complexity index is 1220. The van der Waals surface area contributed by atoms with E-state index in [2.05, 4.69) is 14.6 Å². The third-order valence-electron chi connectivity index (χ3n) is 5.97. The molecular formula is C26H26FN5OS. The number of nitrogens with zero attached hydrogens (tertiary/aromatic N) is 5. The molecule has 1 fully saturated rings. The first-order valence-corrected chi connectivity index (χ1v) is 12.5. The van der Waals surface area contributed by atoms with Crippen LogP contribution in [-0.4, -0.2) is 57.1 Å². The van der Waals surface area contributed by atoms with Gasteiger partial charge in [-0.05, 0) is 48.5 Å². The lowest BCUT2D eigenvalue weighted by molar-refractivity contribution is -0.128. The number of rotatable bonds is 7. The van der Waals surface area contributed by atoms with Gasteiger partial charge in [-0.25, -0.2) is 9.07 Å². The predicted octanol–water partition coefficient (Wildman–Crippen LogP) is 4.38. The summed E-state index contributed by atoms with van der Waals surface area (Å²) in [5.41, 5.74) is 3.08. The summed E-state index contributed by atoms with van der Waals surface area (Å²) >= 11 is 1.61. The summed E-state index contributed by atoms with van der Waals surface area (Å²) in [5, 5.41) is 4.63. The molecule has 0 bridgehead atoms. The fourth-order valence-electron chi connectivity index (χ4n) is 4.19.